The Kier molecular flexibility index (Phi) is 3.58. The first-order valence-corrected chi connectivity index (χ1v) is 5.70. The fraction of sp³-hybridized carbons (Fsp3) is 0.538. The molecule has 1 aromatic rings. The van der Waals surface area contributed by atoms with Crippen molar-refractivity contribution in [3.05, 3.63) is 35.9 Å². The minimum Gasteiger partial charge on any atom is -0.316 e. The average Bonchev–Trinajstić information content (AvgIpc) is 2.48. The molecule has 1 nitrogen and oxygen atoms in total. The second kappa shape index (κ2) is 5.16. The van der Waals surface area contributed by atoms with Crippen molar-refractivity contribution >= 4 is 0 Å². The highest BCUT2D eigenvalue weighted by molar-refractivity contribution is 5.15. The van der Waals surface area contributed by atoms with E-state index >= 15 is 0 Å². The van der Waals surface area contributed by atoms with Gasteiger partial charge in [-0.15, -0.1) is 0 Å². The Morgan fingerprint density at radius 1 is 1.14 bits per heavy atom. The second-order valence-corrected chi connectivity index (χ2v) is 4.26. The Morgan fingerprint density at radius 3 is 2.86 bits per heavy atom. The Labute approximate surface area is 86.5 Å². The molecule has 0 saturated carbocycles. The van der Waals surface area contributed by atoms with Crippen molar-refractivity contribution in [2.45, 2.75) is 25.7 Å². The van der Waals surface area contributed by atoms with Gasteiger partial charge in [-0.3, -0.25) is 0 Å². The lowest BCUT2D eigenvalue weighted by molar-refractivity contribution is 0.477. The van der Waals surface area contributed by atoms with E-state index in [9.17, 15) is 0 Å². The quantitative estimate of drug-likeness (QED) is 0.754. The predicted octanol–water partition coefficient (Wildman–Crippen LogP) is 2.62. The van der Waals surface area contributed by atoms with Gasteiger partial charge in [0.15, 0.2) is 0 Å². The Bertz CT molecular complexity index is 247. The minimum atomic E-state index is 0.847. The molecule has 1 aliphatic rings. The third-order valence-electron chi connectivity index (χ3n) is 3.02. The molecule has 0 unspecified atom stereocenters. The molecule has 2 rings (SSSR count). The van der Waals surface area contributed by atoms with Crippen LogP contribution in [0.3, 0.4) is 0 Å². The van der Waals surface area contributed by atoms with Crippen LogP contribution in [-0.4, -0.2) is 13.1 Å². The van der Waals surface area contributed by atoms with Gasteiger partial charge < -0.3 is 5.32 Å². The molecule has 14 heavy (non-hydrogen) atoms. The molecule has 0 aliphatic carbocycles. The summed E-state index contributed by atoms with van der Waals surface area (Å²) >= 11 is 0. The lowest BCUT2D eigenvalue weighted by Crippen LogP contribution is -2.21. The lowest BCUT2D eigenvalue weighted by atomic mass is 9.95. The van der Waals surface area contributed by atoms with Crippen molar-refractivity contribution in [1.82, 2.24) is 5.32 Å². The predicted molar refractivity (Wildman–Crippen MR) is 60.4 cm³/mol. The van der Waals surface area contributed by atoms with Gasteiger partial charge in [0.1, 0.15) is 0 Å². The summed E-state index contributed by atoms with van der Waals surface area (Å²) in [4.78, 5) is 0. The number of hydrogen-bond acceptors (Lipinski definition) is 1. The molecule has 1 fully saturated rings. The van der Waals surface area contributed by atoms with Gasteiger partial charge in [0.05, 0.1) is 0 Å². The summed E-state index contributed by atoms with van der Waals surface area (Å²) in [6.07, 6.45) is 5.38. The summed E-state index contributed by atoms with van der Waals surface area (Å²) < 4.78 is 0. The van der Waals surface area contributed by atoms with Crippen LogP contribution in [0, 0.1) is 5.92 Å². The molecule has 1 heteroatoms. The summed E-state index contributed by atoms with van der Waals surface area (Å²) in [7, 11) is 0. The molecule has 0 bridgehead atoms. The van der Waals surface area contributed by atoms with Gasteiger partial charge in [0.25, 0.3) is 0 Å². The van der Waals surface area contributed by atoms with Crippen molar-refractivity contribution in [2.75, 3.05) is 13.1 Å². The Morgan fingerprint density at radius 2 is 2.00 bits per heavy atom. The largest absolute Gasteiger partial charge is 0.316 e. The third kappa shape index (κ3) is 2.85. The molecule has 0 amide bonds. The first-order chi connectivity index (χ1) is 6.95. The van der Waals surface area contributed by atoms with Gasteiger partial charge in [0.2, 0.25) is 0 Å². The van der Waals surface area contributed by atoms with Gasteiger partial charge >= 0.3 is 0 Å². The minimum absolute atomic E-state index is 0.847. The molecule has 1 aromatic carbocycles. The molecule has 1 heterocycles. The van der Waals surface area contributed by atoms with E-state index in [0.29, 0.717) is 0 Å². The summed E-state index contributed by atoms with van der Waals surface area (Å²) in [6.45, 7) is 2.42. The van der Waals surface area contributed by atoms with Crippen LogP contribution >= 0.6 is 0 Å². The zero-order chi connectivity index (χ0) is 9.64. The van der Waals surface area contributed by atoms with Crippen LogP contribution in [-0.2, 0) is 6.42 Å². The van der Waals surface area contributed by atoms with Gasteiger partial charge in [-0.2, -0.15) is 0 Å². The second-order valence-electron chi connectivity index (χ2n) is 4.26. The third-order valence-corrected chi connectivity index (χ3v) is 3.02. The van der Waals surface area contributed by atoms with Gasteiger partial charge in [0, 0.05) is 0 Å². The van der Waals surface area contributed by atoms with Crippen molar-refractivity contribution in [1.29, 1.82) is 0 Å². The van der Waals surface area contributed by atoms with Crippen LogP contribution in [0.2, 0.25) is 0 Å². The molecule has 0 aromatic heterocycles. The molecule has 0 spiro atoms. The number of rotatable bonds is 2. The SMILES string of the molecule is c1ccc(C[C@@H]2CCCCNC2)cc1. The van der Waals surface area contributed by atoms with E-state index in [1.54, 1.807) is 0 Å². The van der Waals surface area contributed by atoms with E-state index in [1.165, 1.54) is 44.3 Å². The van der Waals surface area contributed by atoms with Crippen LogP contribution < -0.4 is 5.32 Å². The molecule has 1 saturated heterocycles. The van der Waals surface area contributed by atoms with Crippen molar-refractivity contribution in [3.8, 4) is 0 Å². The maximum atomic E-state index is 3.52. The van der Waals surface area contributed by atoms with Crippen LogP contribution in [0.5, 0.6) is 0 Å². The average molecular weight is 189 g/mol. The first-order valence-electron chi connectivity index (χ1n) is 5.70. The van der Waals surface area contributed by atoms with Crippen LogP contribution in [0.4, 0.5) is 0 Å². The highest BCUT2D eigenvalue weighted by Gasteiger charge is 2.11. The van der Waals surface area contributed by atoms with E-state index < -0.39 is 0 Å². The van der Waals surface area contributed by atoms with Crippen LogP contribution in [0.15, 0.2) is 30.3 Å². The fourth-order valence-electron chi connectivity index (χ4n) is 2.21. The molecule has 1 atom stereocenters. The lowest BCUT2D eigenvalue weighted by Gasteiger charge is -2.13. The van der Waals surface area contributed by atoms with Gasteiger partial charge in [-0.1, -0.05) is 36.8 Å². The number of hydrogen-bond donors (Lipinski definition) is 1. The van der Waals surface area contributed by atoms with E-state index in [-0.39, 0.29) is 0 Å². The normalized spacial score (nSPS) is 23.0. The number of nitrogens with one attached hydrogen (secondary N) is 1. The monoisotopic (exact) mass is 189 g/mol. The fourth-order valence-corrected chi connectivity index (χ4v) is 2.21. The van der Waals surface area contributed by atoms with Crippen molar-refractivity contribution in [2.24, 2.45) is 5.92 Å². The maximum Gasteiger partial charge on any atom is -0.00173 e. The van der Waals surface area contributed by atoms with Gasteiger partial charge in [-0.25, -0.2) is 0 Å². The van der Waals surface area contributed by atoms with Crippen molar-refractivity contribution < 1.29 is 0 Å². The number of benzene rings is 1. The molecule has 0 radical (unpaired) electrons. The maximum absolute atomic E-state index is 3.52. The Balaban J connectivity index is 1.90. The molecular weight excluding hydrogens is 170 g/mol. The first kappa shape index (κ1) is 9.72. The van der Waals surface area contributed by atoms with E-state index in [2.05, 4.69) is 35.6 Å². The standard InChI is InChI=1S/C13H19N/c1-2-6-12(7-3-1)10-13-8-4-5-9-14-11-13/h1-3,6-7,13-14H,4-5,8-11H2/t13-/m0/s1. The van der Waals surface area contributed by atoms with E-state index in [0.717, 1.165) is 5.92 Å². The summed E-state index contributed by atoms with van der Waals surface area (Å²) in [6, 6.07) is 10.9. The molecular formula is C13H19N. The zero-order valence-electron chi connectivity index (χ0n) is 8.71. The topological polar surface area (TPSA) is 12.0 Å². The van der Waals surface area contributed by atoms with Crippen LogP contribution in [0.25, 0.3) is 0 Å². The van der Waals surface area contributed by atoms with E-state index in [4.69, 9.17) is 0 Å². The highest BCUT2D eigenvalue weighted by atomic mass is 14.9. The molecule has 76 valence electrons. The summed E-state index contributed by atoms with van der Waals surface area (Å²) in [5.41, 5.74) is 1.49. The summed E-state index contributed by atoms with van der Waals surface area (Å²) in [5, 5.41) is 3.52. The van der Waals surface area contributed by atoms with Crippen LogP contribution in [0.1, 0.15) is 24.8 Å². The smallest absolute Gasteiger partial charge is 0.00173 e. The summed E-state index contributed by atoms with van der Waals surface area (Å²) in [5.74, 6) is 0.847. The molecule has 1 N–H and O–H groups in total. The van der Waals surface area contributed by atoms with Crippen molar-refractivity contribution in [3.63, 3.8) is 0 Å². The van der Waals surface area contributed by atoms with E-state index in [1.807, 2.05) is 0 Å². The zero-order valence-corrected chi connectivity index (χ0v) is 8.71. The highest BCUT2D eigenvalue weighted by Crippen LogP contribution is 2.16. The molecule has 1 aliphatic heterocycles. The Hall–Kier alpha value is -0.820. The van der Waals surface area contributed by atoms with Gasteiger partial charge in [-0.05, 0) is 43.8 Å².